The zero-order valence-electron chi connectivity index (χ0n) is 14.7. The van der Waals surface area contributed by atoms with Gasteiger partial charge in [-0.15, -0.1) is 0 Å². The van der Waals surface area contributed by atoms with Crippen molar-refractivity contribution in [2.75, 3.05) is 13.6 Å². The van der Waals surface area contributed by atoms with Crippen molar-refractivity contribution in [1.29, 1.82) is 0 Å². The lowest BCUT2D eigenvalue weighted by Crippen LogP contribution is -2.52. The summed E-state index contributed by atoms with van der Waals surface area (Å²) in [7, 11) is 1.79. The molecule has 1 aliphatic heterocycles. The van der Waals surface area contributed by atoms with Crippen LogP contribution in [0.25, 0.3) is 0 Å². The normalized spacial score (nSPS) is 27.5. The highest BCUT2D eigenvalue weighted by Gasteiger charge is 2.42. The fraction of sp³-hybridized carbons (Fsp3) is 0.579. The van der Waals surface area contributed by atoms with Crippen LogP contribution >= 0.6 is 0 Å². The Labute approximate surface area is 143 Å². The summed E-state index contributed by atoms with van der Waals surface area (Å²) >= 11 is 0. The van der Waals surface area contributed by atoms with Crippen molar-refractivity contribution in [2.45, 2.75) is 51.1 Å². The molecule has 3 rings (SSSR count). The third kappa shape index (κ3) is 3.89. The molecule has 1 aromatic rings. The molecule has 0 aromatic heterocycles. The Bertz CT molecular complexity index is 631. The van der Waals surface area contributed by atoms with Crippen LogP contribution in [-0.4, -0.2) is 42.5 Å². The first kappa shape index (κ1) is 16.8. The predicted octanol–water partition coefficient (Wildman–Crippen LogP) is 2.41. The van der Waals surface area contributed by atoms with Gasteiger partial charge >= 0.3 is 6.03 Å². The van der Waals surface area contributed by atoms with Gasteiger partial charge in [0.1, 0.15) is 0 Å². The van der Waals surface area contributed by atoms with E-state index in [2.05, 4.69) is 48.7 Å². The molecule has 2 aliphatic rings. The van der Waals surface area contributed by atoms with Crippen LogP contribution in [0.4, 0.5) is 4.79 Å². The van der Waals surface area contributed by atoms with Crippen molar-refractivity contribution in [2.24, 2.45) is 5.92 Å². The van der Waals surface area contributed by atoms with Crippen molar-refractivity contribution < 1.29 is 9.59 Å². The Kier molecular flexibility index (Phi) is 4.78. The summed E-state index contributed by atoms with van der Waals surface area (Å²) < 4.78 is 0. The Morgan fingerprint density at radius 1 is 1.38 bits per heavy atom. The molecule has 0 unspecified atom stereocenters. The van der Waals surface area contributed by atoms with Gasteiger partial charge in [0.05, 0.1) is 0 Å². The molecular formula is C19H27N3O2. The predicted molar refractivity (Wildman–Crippen MR) is 93.8 cm³/mol. The molecule has 1 saturated carbocycles. The number of nitrogens with zero attached hydrogens (tertiary/aromatic N) is 1. The molecule has 5 heteroatoms. The Morgan fingerprint density at radius 3 is 2.88 bits per heavy atom. The molecular weight excluding hydrogens is 302 g/mol. The number of hydrogen-bond acceptors (Lipinski definition) is 2. The first-order valence-electron chi connectivity index (χ1n) is 8.81. The quantitative estimate of drug-likeness (QED) is 0.891. The van der Waals surface area contributed by atoms with E-state index in [0.29, 0.717) is 24.8 Å². The number of amides is 3. The molecule has 4 atom stereocenters. The number of benzene rings is 1. The Morgan fingerprint density at radius 2 is 2.17 bits per heavy atom. The van der Waals surface area contributed by atoms with Crippen molar-refractivity contribution in [3.8, 4) is 0 Å². The summed E-state index contributed by atoms with van der Waals surface area (Å²) in [6.07, 6.45) is 2.36. The minimum absolute atomic E-state index is 0.0478. The van der Waals surface area contributed by atoms with Crippen molar-refractivity contribution in [1.82, 2.24) is 15.5 Å². The highest BCUT2D eigenvalue weighted by atomic mass is 16.2. The number of carbonyl (C=O) groups is 2. The SMILES string of the molecule is Cc1cccc([C@@H]2C[C@@H]2[C@@H](C)NC(=O)N[C@H]2CCC(=O)N(C)C2)c1. The molecule has 5 nitrogen and oxygen atoms in total. The maximum absolute atomic E-state index is 12.2. The lowest BCUT2D eigenvalue weighted by Gasteiger charge is -2.30. The molecule has 1 heterocycles. The average Bonchev–Trinajstić information content (AvgIpc) is 3.31. The van der Waals surface area contributed by atoms with Gasteiger partial charge in [0.15, 0.2) is 0 Å². The number of urea groups is 1. The van der Waals surface area contributed by atoms with Crippen LogP contribution in [0.3, 0.4) is 0 Å². The van der Waals surface area contributed by atoms with Gasteiger partial charge in [-0.05, 0) is 44.1 Å². The zero-order chi connectivity index (χ0) is 17.3. The van der Waals surface area contributed by atoms with Crippen LogP contribution < -0.4 is 10.6 Å². The molecule has 130 valence electrons. The first-order valence-corrected chi connectivity index (χ1v) is 8.81. The lowest BCUT2D eigenvalue weighted by molar-refractivity contribution is -0.132. The number of carbonyl (C=O) groups excluding carboxylic acids is 2. The Hall–Kier alpha value is -2.04. The average molecular weight is 329 g/mol. The van der Waals surface area contributed by atoms with E-state index < -0.39 is 0 Å². The second-order valence-corrected chi connectivity index (χ2v) is 7.34. The van der Waals surface area contributed by atoms with Crippen LogP contribution in [0.1, 0.15) is 43.2 Å². The van der Waals surface area contributed by atoms with E-state index in [0.717, 1.165) is 12.8 Å². The number of likely N-dealkylation sites (tertiary alicyclic amines) is 1. The second-order valence-electron chi connectivity index (χ2n) is 7.34. The Balaban J connectivity index is 1.46. The highest BCUT2D eigenvalue weighted by molar-refractivity contribution is 5.78. The van der Waals surface area contributed by atoms with Gasteiger partial charge in [-0.2, -0.15) is 0 Å². The van der Waals surface area contributed by atoms with E-state index in [4.69, 9.17) is 0 Å². The van der Waals surface area contributed by atoms with Gasteiger partial charge in [-0.3, -0.25) is 4.79 Å². The van der Waals surface area contributed by atoms with Crippen LogP contribution in [-0.2, 0) is 4.79 Å². The molecule has 0 spiro atoms. The van der Waals surface area contributed by atoms with Crippen LogP contribution in [0.5, 0.6) is 0 Å². The molecule has 2 fully saturated rings. The number of aryl methyl sites for hydroxylation is 1. The largest absolute Gasteiger partial charge is 0.344 e. The summed E-state index contributed by atoms with van der Waals surface area (Å²) in [5, 5.41) is 6.08. The summed E-state index contributed by atoms with van der Waals surface area (Å²) in [6, 6.07) is 8.72. The molecule has 24 heavy (non-hydrogen) atoms. The van der Waals surface area contributed by atoms with E-state index in [1.807, 2.05) is 0 Å². The molecule has 0 radical (unpaired) electrons. The summed E-state index contributed by atoms with van der Waals surface area (Å²) in [5.74, 6) is 1.22. The minimum Gasteiger partial charge on any atom is -0.344 e. The topological polar surface area (TPSA) is 61.4 Å². The fourth-order valence-corrected chi connectivity index (χ4v) is 3.72. The molecule has 1 aliphatic carbocycles. The van der Waals surface area contributed by atoms with E-state index in [1.165, 1.54) is 11.1 Å². The van der Waals surface area contributed by atoms with Crippen LogP contribution in [0, 0.1) is 12.8 Å². The van der Waals surface area contributed by atoms with Crippen molar-refractivity contribution in [3.63, 3.8) is 0 Å². The van der Waals surface area contributed by atoms with Crippen molar-refractivity contribution >= 4 is 11.9 Å². The molecule has 3 amide bonds. The smallest absolute Gasteiger partial charge is 0.315 e. The maximum atomic E-state index is 12.2. The highest BCUT2D eigenvalue weighted by Crippen LogP contribution is 2.49. The van der Waals surface area contributed by atoms with Crippen molar-refractivity contribution in [3.05, 3.63) is 35.4 Å². The standard InChI is InChI=1S/C19H27N3O2/c1-12-5-4-6-14(9-12)17-10-16(17)13(2)20-19(24)21-15-7-8-18(23)22(3)11-15/h4-6,9,13,15-17H,7-8,10-11H2,1-3H3,(H2,20,21,24)/t13-,15+,16-,17+/m1/s1. The third-order valence-corrected chi connectivity index (χ3v) is 5.27. The number of hydrogen-bond donors (Lipinski definition) is 2. The molecule has 1 aromatic carbocycles. The van der Waals surface area contributed by atoms with E-state index >= 15 is 0 Å². The number of nitrogens with one attached hydrogen (secondary N) is 2. The van der Waals surface area contributed by atoms with Gasteiger partial charge in [0.25, 0.3) is 0 Å². The second kappa shape index (κ2) is 6.83. The van der Waals surface area contributed by atoms with E-state index in [-0.39, 0.29) is 24.0 Å². The van der Waals surface area contributed by atoms with Gasteiger partial charge < -0.3 is 15.5 Å². The van der Waals surface area contributed by atoms with Gasteiger partial charge in [0, 0.05) is 32.1 Å². The van der Waals surface area contributed by atoms with Gasteiger partial charge in [-0.25, -0.2) is 4.79 Å². The van der Waals surface area contributed by atoms with Crippen LogP contribution in [0.15, 0.2) is 24.3 Å². The zero-order valence-corrected chi connectivity index (χ0v) is 14.7. The van der Waals surface area contributed by atoms with E-state index in [1.54, 1.807) is 11.9 Å². The summed E-state index contributed by atoms with van der Waals surface area (Å²) in [4.78, 5) is 25.4. The monoisotopic (exact) mass is 329 g/mol. The fourth-order valence-electron chi connectivity index (χ4n) is 3.72. The molecule has 1 saturated heterocycles. The van der Waals surface area contributed by atoms with Gasteiger partial charge in [-0.1, -0.05) is 29.8 Å². The number of piperidine rings is 1. The number of rotatable bonds is 4. The third-order valence-electron chi connectivity index (χ3n) is 5.27. The minimum atomic E-state index is -0.120. The lowest BCUT2D eigenvalue weighted by atomic mass is 10.0. The van der Waals surface area contributed by atoms with Crippen LogP contribution in [0.2, 0.25) is 0 Å². The molecule has 0 bridgehead atoms. The maximum Gasteiger partial charge on any atom is 0.315 e. The summed E-state index contributed by atoms with van der Waals surface area (Å²) in [6.45, 7) is 4.79. The van der Waals surface area contributed by atoms with Gasteiger partial charge in [0.2, 0.25) is 5.91 Å². The molecule has 2 N–H and O–H groups in total. The van der Waals surface area contributed by atoms with E-state index in [9.17, 15) is 9.59 Å². The summed E-state index contributed by atoms with van der Waals surface area (Å²) in [5.41, 5.74) is 2.66. The first-order chi connectivity index (χ1) is 11.4. The number of likely N-dealkylation sites (N-methyl/N-ethyl adjacent to an activating group) is 1.